The van der Waals surface area contributed by atoms with Crippen LogP contribution in [0.1, 0.15) is 43.6 Å². The summed E-state index contributed by atoms with van der Waals surface area (Å²) in [5.41, 5.74) is 5.31. The first kappa shape index (κ1) is 24.5. The molecule has 0 spiro atoms. The molecule has 2 amide bonds. The fourth-order valence-corrected chi connectivity index (χ4v) is 5.09. The number of carbonyl (C=O) groups excluding carboxylic acids is 2. The zero-order valence-corrected chi connectivity index (χ0v) is 20.0. The quantitative estimate of drug-likeness (QED) is 0.566. The number of hydrogen-bond acceptors (Lipinski definition) is 6. The van der Waals surface area contributed by atoms with Crippen molar-refractivity contribution < 1.29 is 27.5 Å². The van der Waals surface area contributed by atoms with Crippen molar-refractivity contribution in [1.29, 1.82) is 0 Å². The molecule has 3 rings (SSSR count). The molecule has 0 radical (unpaired) electrons. The van der Waals surface area contributed by atoms with Crippen LogP contribution in [0.2, 0.25) is 0 Å². The smallest absolute Gasteiger partial charge is 0.276 e. The average Bonchev–Trinajstić information content (AvgIpc) is 3.11. The van der Waals surface area contributed by atoms with Crippen molar-refractivity contribution >= 4 is 21.8 Å². The number of nitrogens with zero attached hydrogens (tertiary/aromatic N) is 1. The SMILES string of the molecule is CCN(CC)S(=O)(=O)c1cccc(C(=O)NNC(=O)COc2cccc3c2OC(C)(C)C3)c1. The van der Waals surface area contributed by atoms with E-state index in [2.05, 4.69) is 10.9 Å². The number of carbonyl (C=O) groups is 2. The maximum Gasteiger partial charge on any atom is 0.276 e. The number of amides is 2. The molecule has 0 atom stereocenters. The van der Waals surface area contributed by atoms with Gasteiger partial charge >= 0.3 is 0 Å². The van der Waals surface area contributed by atoms with Crippen LogP contribution < -0.4 is 20.3 Å². The highest BCUT2D eigenvalue weighted by Gasteiger charge is 2.32. The molecule has 0 aromatic heterocycles. The van der Waals surface area contributed by atoms with Gasteiger partial charge in [-0.2, -0.15) is 4.31 Å². The van der Waals surface area contributed by atoms with E-state index in [9.17, 15) is 18.0 Å². The third-order valence-electron chi connectivity index (χ3n) is 5.17. The highest BCUT2D eigenvalue weighted by molar-refractivity contribution is 7.89. The molecule has 0 aliphatic carbocycles. The molecule has 0 saturated carbocycles. The van der Waals surface area contributed by atoms with Crippen molar-refractivity contribution in [3.8, 4) is 11.5 Å². The molecule has 10 heteroatoms. The maximum absolute atomic E-state index is 12.7. The minimum atomic E-state index is -3.71. The van der Waals surface area contributed by atoms with Crippen LogP contribution in [0, 0.1) is 0 Å². The minimum Gasteiger partial charge on any atom is -0.483 e. The Kier molecular flexibility index (Phi) is 7.28. The fraction of sp³-hybridized carbons (Fsp3) is 0.391. The number of rotatable bonds is 8. The first-order chi connectivity index (χ1) is 15.6. The Hall–Kier alpha value is -3.11. The van der Waals surface area contributed by atoms with Crippen molar-refractivity contribution in [3.63, 3.8) is 0 Å². The number of ether oxygens (including phenoxy) is 2. The van der Waals surface area contributed by atoms with Gasteiger partial charge in [0.15, 0.2) is 18.1 Å². The summed E-state index contributed by atoms with van der Waals surface area (Å²) in [6, 6.07) is 11.1. The van der Waals surface area contributed by atoms with E-state index >= 15 is 0 Å². The lowest BCUT2D eigenvalue weighted by Gasteiger charge is -2.18. The summed E-state index contributed by atoms with van der Waals surface area (Å²) >= 11 is 0. The molecular weight excluding hydrogens is 446 g/mol. The van der Waals surface area contributed by atoms with Crippen LogP contribution >= 0.6 is 0 Å². The number of sulfonamides is 1. The molecule has 2 aromatic carbocycles. The predicted molar refractivity (Wildman–Crippen MR) is 123 cm³/mol. The molecule has 0 unspecified atom stereocenters. The van der Waals surface area contributed by atoms with Crippen LogP contribution in [0.3, 0.4) is 0 Å². The molecule has 0 saturated heterocycles. The molecule has 2 aromatic rings. The van der Waals surface area contributed by atoms with Crippen LogP contribution in [0.4, 0.5) is 0 Å². The van der Waals surface area contributed by atoms with Crippen LogP contribution in [0.15, 0.2) is 47.4 Å². The molecular formula is C23H29N3O6S. The molecule has 33 heavy (non-hydrogen) atoms. The van der Waals surface area contributed by atoms with Gasteiger partial charge in [0.2, 0.25) is 10.0 Å². The number of benzene rings is 2. The average molecular weight is 476 g/mol. The van der Waals surface area contributed by atoms with E-state index in [-0.39, 0.29) is 22.7 Å². The summed E-state index contributed by atoms with van der Waals surface area (Å²) in [6.07, 6.45) is 0.741. The molecule has 1 aliphatic heterocycles. The van der Waals surface area contributed by atoms with Crippen molar-refractivity contribution in [2.45, 2.75) is 44.6 Å². The van der Waals surface area contributed by atoms with E-state index in [4.69, 9.17) is 9.47 Å². The van der Waals surface area contributed by atoms with Crippen molar-refractivity contribution in [1.82, 2.24) is 15.2 Å². The first-order valence-electron chi connectivity index (χ1n) is 10.7. The van der Waals surface area contributed by atoms with Gasteiger partial charge in [-0.05, 0) is 38.1 Å². The van der Waals surface area contributed by atoms with Gasteiger partial charge in [-0.3, -0.25) is 20.4 Å². The van der Waals surface area contributed by atoms with Gasteiger partial charge in [0, 0.05) is 30.6 Å². The summed E-state index contributed by atoms with van der Waals surface area (Å²) in [4.78, 5) is 24.6. The zero-order chi connectivity index (χ0) is 24.2. The Morgan fingerprint density at radius 3 is 2.48 bits per heavy atom. The second-order valence-corrected chi connectivity index (χ2v) is 10.1. The predicted octanol–water partition coefficient (Wildman–Crippen LogP) is 2.27. The third-order valence-corrected chi connectivity index (χ3v) is 7.21. The second-order valence-electron chi connectivity index (χ2n) is 8.19. The third kappa shape index (κ3) is 5.63. The van der Waals surface area contributed by atoms with Crippen molar-refractivity contribution in [3.05, 3.63) is 53.6 Å². The molecule has 1 heterocycles. The summed E-state index contributed by atoms with van der Waals surface area (Å²) in [5, 5.41) is 0. The van der Waals surface area contributed by atoms with Crippen LogP contribution in [-0.2, 0) is 21.2 Å². The van der Waals surface area contributed by atoms with E-state index in [0.29, 0.717) is 24.6 Å². The molecule has 178 valence electrons. The lowest BCUT2D eigenvalue weighted by atomic mass is 10.0. The Balaban J connectivity index is 1.58. The van der Waals surface area contributed by atoms with Gasteiger partial charge in [-0.25, -0.2) is 8.42 Å². The van der Waals surface area contributed by atoms with Gasteiger partial charge in [0.1, 0.15) is 5.60 Å². The molecule has 9 nitrogen and oxygen atoms in total. The molecule has 0 fully saturated rings. The van der Waals surface area contributed by atoms with E-state index < -0.39 is 21.8 Å². The van der Waals surface area contributed by atoms with E-state index in [1.54, 1.807) is 19.9 Å². The normalized spacial score (nSPS) is 14.3. The summed E-state index contributed by atoms with van der Waals surface area (Å²) < 4.78 is 38.1. The highest BCUT2D eigenvalue weighted by Crippen LogP contribution is 2.41. The van der Waals surface area contributed by atoms with E-state index in [1.807, 2.05) is 26.0 Å². The Labute approximate surface area is 194 Å². The number of para-hydroxylation sites is 1. The van der Waals surface area contributed by atoms with Gasteiger partial charge < -0.3 is 9.47 Å². The monoisotopic (exact) mass is 475 g/mol. The summed E-state index contributed by atoms with van der Waals surface area (Å²) in [5.74, 6) is -0.157. The topological polar surface area (TPSA) is 114 Å². The van der Waals surface area contributed by atoms with E-state index in [0.717, 1.165) is 12.0 Å². The van der Waals surface area contributed by atoms with Gasteiger partial charge in [-0.1, -0.05) is 32.0 Å². The highest BCUT2D eigenvalue weighted by atomic mass is 32.2. The van der Waals surface area contributed by atoms with Crippen LogP contribution in [-0.4, -0.2) is 49.8 Å². The Morgan fingerprint density at radius 1 is 1.09 bits per heavy atom. The van der Waals surface area contributed by atoms with Gasteiger partial charge in [0.05, 0.1) is 4.90 Å². The Bertz CT molecular complexity index is 1140. The number of nitrogens with one attached hydrogen (secondary N) is 2. The fourth-order valence-electron chi connectivity index (χ4n) is 3.59. The van der Waals surface area contributed by atoms with Crippen LogP contribution in [0.25, 0.3) is 0 Å². The van der Waals surface area contributed by atoms with Crippen molar-refractivity contribution in [2.24, 2.45) is 0 Å². The van der Waals surface area contributed by atoms with E-state index in [1.165, 1.54) is 28.6 Å². The molecule has 0 bridgehead atoms. The Morgan fingerprint density at radius 2 is 1.79 bits per heavy atom. The zero-order valence-electron chi connectivity index (χ0n) is 19.2. The van der Waals surface area contributed by atoms with Crippen LogP contribution in [0.5, 0.6) is 11.5 Å². The number of fused-ring (bicyclic) bond motifs is 1. The summed E-state index contributed by atoms with van der Waals surface area (Å²) in [6.45, 7) is 7.73. The molecule has 2 N–H and O–H groups in total. The second kappa shape index (κ2) is 9.80. The number of hydrogen-bond donors (Lipinski definition) is 2. The standard InChI is InChI=1S/C23H29N3O6S/c1-5-26(6-2)33(29,30)18-11-7-9-16(13-18)22(28)25-24-20(27)15-31-19-12-8-10-17-14-23(3,4)32-21(17)19/h7-13H,5-6,14-15H2,1-4H3,(H,24,27)(H,25,28). The lowest BCUT2D eigenvalue weighted by molar-refractivity contribution is -0.123. The number of hydrazine groups is 1. The minimum absolute atomic E-state index is 0.00867. The molecule has 1 aliphatic rings. The largest absolute Gasteiger partial charge is 0.483 e. The maximum atomic E-state index is 12.7. The first-order valence-corrected chi connectivity index (χ1v) is 12.1. The lowest BCUT2D eigenvalue weighted by Crippen LogP contribution is -2.43. The summed E-state index contributed by atoms with van der Waals surface area (Å²) in [7, 11) is -3.71. The van der Waals surface area contributed by atoms with Gasteiger partial charge in [-0.15, -0.1) is 0 Å². The van der Waals surface area contributed by atoms with Crippen molar-refractivity contribution in [2.75, 3.05) is 19.7 Å². The van der Waals surface area contributed by atoms with Gasteiger partial charge in [0.25, 0.3) is 11.8 Å².